The Balaban J connectivity index is 2.43. The second kappa shape index (κ2) is 7.19. The highest BCUT2D eigenvalue weighted by Gasteiger charge is 2.20. The number of aromatic amines is 1. The molecule has 8 nitrogen and oxygen atoms in total. The normalized spacial score (nSPS) is 12.6. The highest BCUT2D eigenvalue weighted by Crippen LogP contribution is 2.24. The van der Waals surface area contributed by atoms with Crippen LogP contribution in [0.4, 0.5) is 11.8 Å². The van der Waals surface area contributed by atoms with E-state index in [1.807, 2.05) is 0 Å². The molecule has 2 heterocycles. The standard InChI is InChI=1S/C13H22N6O2/c1-9(7-21-4)19(5-6-20-3)12-10-11(16-8-15-10)17-13(14-2)18-12/h8-9H,5-7H2,1-4H3,(H2,14,15,16,17,18). The summed E-state index contributed by atoms with van der Waals surface area (Å²) in [6, 6.07) is 0.149. The van der Waals surface area contributed by atoms with Crippen molar-refractivity contribution in [3.8, 4) is 0 Å². The van der Waals surface area contributed by atoms with Crippen molar-refractivity contribution in [1.82, 2.24) is 19.9 Å². The van der Waals surface area contributed by atoms with E-state index in [1.165, 1.54) is 0 Å². The minimum absolute atomic E-state index is 0.149. The summed E-state index contributed by atoms with van der Waals surface area (Å²) in [5.41, 5.74) is 1.45. The Morgan fingerprint density at radius 3 is 2.81 bits per heavy atom. The quantitative estimate of drug-likeness (QED) is 0.747. The number of fused-ring (bicyclic) bond motifs is 1. The lowest BCUT2D eigenvalue weighted by Crippen LogP contribution is -2.39. The number of hydrogen-bond donors (Lipinski definition) is 2. The first kappa shape index (κ1) is 15.5. The Morgan fingerprint density at radius 1 is 1.33 bits per heavy atom. The monoisotopic (exact) mass is 294 g/mol. The van der Waals surface area contributed by atoms with Gasteiger partial charge in [-0.15, -0.1) is 0 Å². The number of H-pyrrole nitrogens is 1. The van der Waals surface area contributed by atoms with E-state index in [2.05, 4.69) is 37.1 Å². The topological polar surface area (TPSA) is 88.2 Å². The minimum Gasteiger partial charge on any atom is -0.383 e. The zero-order valence-electron chi connectivity index (χ0n) is 12.9. The van der Waals surface area contributed by atoms with Crippen LogP contribution in [-0.4, -0.2) is 67.0 Å². The van der Waals surface area contributed by atoms with Crippen molar-refractivity contribution < 1.29 is 9.47 Å². The lowest BCUT2D eigenvalue weighted by Gasteiger charge is -2.30. The van der Waals surface area contributed by atoms with Crippen LogP contribution in [0, 0.1) is 0 Å². The van der Waals surface area contributed by atoms with Crippen molar-refractivity contribution in [3.05, 3.63) is 6.33 Å². The third kappa shape index (κ3) is 3.40. The molecule has 0 amide bonds. The number of anilines is 2. The third-order valence-corrected chi connectivity index (χ3v) is 3.24. The predicted octanol–water partition coefficient (Wildman–Crippen LogP) is 0.882. The van der Waals surface area contributed by atoms with Crippen molar-refractivity contribution in [1.29, 1.82) is 0 Å². The first-order valence-corrected chi connectivity index (χ1v) is 6.84. The van der Waals surface area contributed by atoms with Gasteiger partial charge in [0.15, 0.2) is 11.5 Å². The number of methoxy groups -OCH3 is 2. The molecule has 1 atom stereocenters. The van der Waals surface area contributed by atoms with Gasteiger partial charge in [0.2, 0.25) is 5.95 Å². The number of nitrogens with one attached hydrogen (secondary N) is 2. The van der Waals surface area contributed by atoms with E-state index in [1.54, 1.807) is 27.6 Å². The molecule has 2 N–H and O–H groups in total. The second-order valence-corrected chi connectivity index (χ2v) is 4.71. The zero-order chi connectivity index (χ0) is 15.2. The largest absolute Gasteiger partial charge is 0.383 e. The van der Waals surface area contributed by atoms with Crippen LogP contribution in [0.2, 0.25) is 0 Å². The summed E-state index contributed by atoms with van der Waals surface area (Å²) in [6.07, 6.45) is 1.62. The molecular formula is C13H22N6O2. The number of ether oxygens (including phenoxy) is 2. The maximum atomic E-state index is 5.27. The highest BCUT2D eigenvalue weighted by molar-refractivity contribution is 5.84. The molecule has 0 aliphatic heterocycles. The first-order chi connectivity index (χ1) is 10.2. The van der Waals surface area contributed by atoms with Crippen molar-refractivity contribution in [3.63, 3.8) is 0 Å². The van der Waals surface area contributed by atoms with E-state index in [9.17, 15) is 0 Å². The van der Waals surface area contributed by atoms with Gasteiger partial charge in [-0.05, 0) is 6.92 Å². The molecule has 0 aliphatic carbocycles. The fourth-order valence-electron chi connectivity index (χ4n) is 2.19. The molecule has 0 saturated carbocycles. The second-order valence-electron chi connectivity index (χ2n) is 4.71. The first-order valence-electron chi connectivity index (χ1n) is 6.84. The molecule has 116 valence electrons. The lowest BCUT2D eigenvalue weighted by molar-refractivity contribution is 0.170. The molecular weight excluding hydrogens is 272 g/mol. The summed E-state index contributed by atoms with van der Waals surface area (Å²) in [7, 11) is 5.16. The van der Waals surface area contributed by atoms with Crippen LogP contribution in [0.15, 0.2) is 6.33 Å². The molecule has 0 spiro atoms. The van der Waals surface area contributed by atoms with Crippen molar-refractivity contribution in [2.24, 2.45) is 0 Å². The molecule has 0 radical (unpaired) electrons. The molecule has 8 heteroatoms. The number of imidazole rings is 1. The Kier molecular flexibility index (Phi) is 5.29. The van der Waals surface area contributed by atoms with Crippen molar-refractivity contribution >= 4 is 22.9 Å². The smallest absolute Gasteiger partial charge is 0.226 e. The minimum atomic E-state index is 0.149. The predicted molar refractivity (Wildman–Crippen MR) is 81.8 cm³/mol. The van der Waals surface area contributed by atoms with Gasteiger partial charge in [0.05, 0.1) is 25.6 Å². The van der Waals surface area contributed by atoms with Gasteiger partial charge < -0.3 is 24.7 Å². The van der Waals surface area contributed by atoms with Crippen molar-refractivity contribution in [2.45, 2.75) is 13.0 Å². The summed E-state index contributed by atoms with van der Waals surface area (Å²) in [5, 5.41) is 2.97. The summed E-state index contributed by atoms with van der Waals surface area (Å²) >= 11 is 0. The van der Waals surface area contributed by atoms with Crippen LogP contribution >= 0.6 is 0 Å². The van der Waals surface area contributed by atoms with E-state index in [-0.39, 0.29) is 6.04 Å². The van der Waals surface area contributed by atoms with Gasteiger partial charge in [0.1, 0.15) is 5.52 Å². The fraction of sp³-hybridized carbons (Fsp3) is 0.615. The van der Waals surface area contributed by atoms with Crippen LogP contribution in [0.5, 0.6) is 0 Å². The SMILES string of the molecule is CNc1nc(N(CCOC)C(C)COC)c2[nH]cnc2n1. The summed E-state index contributed by atoms with van der Waals surface area (Å²) in [5.74, 6) is 1.33. The Bertz CT molecular complexity index is 573. The molecule has 2 rings (SSSR count). The Morgan fingerprint density at radius 2 is 2.14 bits per heavy atom. The zero-order valence-corrected chi connectivity index (χ0v) is 12.9. The average Bonchev–Trinajstić information content (AvgIpc) is 2.96. The van der Waals surface area contributed by atoms with Gasteiger partial charge in [0.25, 0.3) is 0 Å². The molecule has 2 aromatic rings. The summed E-state index contributed by atoms with van der Waals surface area (Å²) < 4.78 is 10.5. The van der Waals surface area contributed by atoms with E-state index in [4.69, 9.17) is 9.47 Å². The third-order valence-electron chi connectivity index (χ3n) is 3.24. The van der Waals surface area contributed by atoms with E-state index < -0.39 is 0 Å². The molecule has 1 unspecified atom stereocenters. The van der Waals surface area contributed by atoms with Crippen LogP contribution in [0.3, 0.4) is 0 Å². The average molecular weight is 294 g/mol. The fourth-order valence-corrected chi connectivity index (χ4v) is 2.19. The highest BCUT2D eigenvalue weighted by atomic mass is 16.5. The van der Waals surface area contributed by atoms with Crippen LogP contribution in [0.25, 0.3) is 11.2 Å². The summed E-state index contributed by atoms with van der Waals surface area (Å²) in [6.45, 7) is 3.98. The van der Waals surface area contributed by atoms with Crippen molar-refractivity contribution in [2.75, 3.05) is 51.2 Å². The summed E-state index contributed by atoms with van der Waals surface area (Å²) in [4.78, 5) is 18.4. The number of rotatable bonds is 8. The maximum Gasteiger partial charge on any atom is 0.226 e. The lowest BCUT2D eigenvalue weighted by atomic mass is 10.2. The molecule has 0 aromatic carbocycles. The molecule has 0 saturated heterocycles. The van der Waals surface area contributed by atoms with Gasteiger partial charge in [-0.3, -0.25) is 0 Å². The number of hydrogen-bond acceptors (Lipinski definition) is 7. The van der Waals surface area contributed by atoms with E-state index in [0.717, 1.165) is 11.3 Å². The van der Waals surface area contributed by atoms with Gasteiger partial charge in [0, 0.05) is 27.8 Å². The molecule has 0 aliphatic rings. The van der Waals surface area contributed by atoms with E-state index in [0.29, 0.717) is 31.4 Å². The van der Waals surface area contributed by atoms with Gasteiger partial charge in [-0.25, -0.2) is 4.98 Å². The number of aromatic nitrogens is 4. The Hall–Kier alpha value is -1.93. The Labute approximate surface area is 123 Å². The number of nitrogens with zero attached hydrogens (tertiary/aromatic N) is 4. The van der Waals surface area contributed by atoms with Gasteiger partial charge in [-0.1, -0.05) is 0 Å². The van der Waals surface area contributed by atoms with Crippen LogP contribution in [-0.2, 0) is 9.47 Å². The molecule has 2 aromatic heterocycles. The molecule has 21 heavy (non-hydrogen) atoms. The molecule has 0 bridgehead atoms. The van der Waals surface area contributed by atoms with Crippen LogP contribution in [0.1, 0.15) is 6.92 Å². The van der Waals surface area contributed by atoms with Crippen LogP contribution < -0.4 is 10.2 Å². The maximum absolute atomic E-state index is 5.27. The molecule has 0 fully saturated rings. The van der Waals surface area contributed by atoms with E-state index >= 15 is 0 Å². The van der Waals surface area contributed by atoms with Gasteiger partial charge >= 0.3 is 0 Å². The van der Waals surface area contributed by atoms with Gasteiger partial charge in [-0.2, -0.15) is 9.97 Å².